The van der Waals surface area contributed by atoms with Gasteiger partial charge in [-0.25, -0.2) is 4.31 Å². The summed E-state index contributed by atoms with van der Waals surface area (Å²) < 4.78 is 2.39. The van der Waals surface area contributed by atoms with Gasteiger partial charge in [-0.2, -0.15) is 0 Å². The molecule has 0 spiro atoms. The minimum absolute atomic E-state index is 0.734. The fraction of sp³-hybridized carbons (Fsp3) is 1.00. The summed E-state index contributed by atoms with van der Waals surface area (Å²) in [5.74, 6) is 0. The number of hydrogen-bond donors (Lipinski definition) is 1. The Bertz CT molecular complexity index is 77.1. The van der Waals surface area contributed by atoms with Gasteiger partial charge in [0.15, 0.2) is 0 Å². The number of nitrogens with zero attached hydrogens (tertiary/aromatic N) is 1. The second-order valence-corrected chi connectivity index (χ2v) is 3.23. The molecule has 1 rings (SSSR count). The van der Waals surface area contributed by atoms with Crippen molar-refractivity contribution in [2.45, 2.75) is 12.5 Å². The van der Waals surface area contributed by atoms with Gasteiger partial charge in [0, 0.05) is 19.1 Å². The van der Waals surface area contributed by atoms with E-state index in [0.29, 0.717) is 0 Å². The van der Waals surface area contributed by atoms with E-state index in [0.717, 1.165) is 6.04 Å². The minimum atomic E-state index is 0.734. The highest BCUT2D eigenvalue weighted by Crippen LogP contribution is 2.15. The summed E-state index contributed by atoms with van der Waals surface area (Å²) in [6, 6.07) is 0.734. The lowest BCUT2D eigenvalue weighted by molar-refractivity contribution is 0.544. The summed E-state index contributed by atoms with van der Waals surface area (Å²) in [6.45, 7) is 2.45. The second-order valence-electron chi connectivity index (χ2n) is 2.34. The molecule has 9 heavy (non-hydrogen) atoms. The van der Waals surface area contributed by atoms with Crippen molar-refractivity contribution in [2.24, 2.45) is 0 Å². The van der Waals surface area contributed by atoms with Crippen molar-refractivity contribution >= 4 is 11.9 Å². The van der Waals surface area contributed by atoms with E-state index < -0.39 is 0 Å². The van der Waals surface area contributed by atoms with Crippen LogP contribution < -0.4 is 5.32 Å². The molecular formula is C6H14N2S. The van der Waals surface area contributed by atoms with Gasteiger partial charge in [-0.1, -0.05) is 11.9 Å². The maximum atomic E-state index is 3.27. The average Bonchev–Trinajstić information content (AvgIpc) is 2.34. The Morgan fingerprint density at radius 2 is 2.44 bits per heavy atom. The van der Waals surface area contributed by atoms with Gasteiger partial charge in [0.25, 0.3) is 0 Å². The fourth-order valence-electron chi connectivity index (χ4n) is 1.13. The standard InChI is InChI=1S/C6H14N2S/c1-7-6-3-4-8(5-6)9-2/h6-7H,3-5H2,1-2H3/t6-/m1/s1. The van der Waals surface area contributed by atoms with Crippen LogP contribution in [0.1, 0.15) is 6.42 Å². The Hall–Kier alpha value is 0.270. The molecule has 0 amide bonds. The van der Waals surface area contributed by atoms with Crippen molar-refractivity contribution in [3.8, 4) is 0 Å². The molecule has 0 aliphatic carbocycles. The van der Waals surface area contributed by atoms with Crippen LogP contribution in [0.5, 0.6) is 0 Å². The first kappa shape index (κ1) is 7.38. The van der Waals surface area contributed by atoms with Gasteiger partial charge in [0.2, 0.25) is 0 Å². The third-order valence-corrected chi connectivity index (χ3v) is 2.67. The molecule has 0 aromatic heterocycles. The first-order valence-corrected chi connectivity index (χ1v) is 4.51. The van der Waals surface area contributed by atoms with Crippen LogP contribution in [0.4, 0.5) is 0 Å². The van der Waals surface area contributed by atoms with E-state index in [-0.39, 0.29) is 0 Å². The molecule has 0 unspecified atom stereocenters. The smallest absolute Gasteiger partial charge is 0.0244 e. The maximum Gasteiger partial charge on any atom is 0.0244 e. The maximum absolute atomic E-state index is 3.27. The van der Waals surface area contributed by atoms with Crippen molar-refractivity contribution in [1.29, 1.82) is 0 Å². The molecule has 1 aliphatic rings. The van der Waals surface area contributed by atoms with Crippen LogP contribution in [-0.4, -0.2) is 36.7 Å². The summed E-state index contributed by atoms with van der Waals surface area (Å²) in [4.78, 5) is 0. The van der Waals surface area contributed by atoms with Gasteiger partial charge in [0.05, 0.1) is 0 Å². The second kappa shape index (κ2) is 3.44. The molecule has 1 fully saturated rings. The Morgan fingerprint density at radius 1 is 1.67 bits per heavy atom. The normalized spacial score (nSPS) is 29.3. The molecule has 0 aromatic carbocycles. The quantitative estimate of drug-likeness (QED) is 0.573. The van der Waals surface area contributed by atoms with Gasteiger partial charge in [-0.05, 0) is 19.7 Å². The van der Waals surface area contributed by atoms with E-state index in [2.05, 4.69) is 15.9 Å². The van der Waals surface area contributed by atoms with Crippen molar-refractivity contribution < 1.29 is 0 Å². The van der Waals surface area contributed by atoms with Crippen LogP contribution in [0.2, 0.25) is 0 Å². The lowest BCUT2D eigenvalue weighted by atomic mass is 10.3. The van der Waals surface area contributed by atoms with Gasteiger partial charge >= 0.3 is 0 Å². The average molecular weight is 146 g/mol. The molecule has 1 atom stereocenters. The van der Waals surface area contributed by atoms with Crippen LogP contribution in [-0.2, 0) is 0 Å². The van der Waals surface area contributed by atoms with Crippen molar-refractivity contribution in [2.75, 3.05) is 26.4 Å². The monoisotopic (exact) mass is 146 g/mol. The molecule has 1 N–H and O–H groups in total. The predicted molar refractivity (Wildman–Crippen MR) is 42.6 cm³/mol. The first-order valence-electron chi connectivity index (χ1n) is 3.33. The Morgan fingerprint density at radius 3 is 2.78 bits per heavy atom. The molecule has 0 radical (unpaired) electrons. The third-order valence-electron chi connectivity index (χ3n) is 1.82. The largest absolute Gasteiger partial charge is 0.316 e. The van der Waals surface area contributed by atoms with Crippen LogP contribution in [0.3, 0.4) is 0 Å². The lowest BCUT2D eigenvalue weighted by Gasteiger charge is -2.10. The molecular weight excluding hydrogens is 132 g/mol. The highest BCUT2D eigenvalue weighted by molar-refractivity contribution is 7.96. The van der Waals surface area contributed by atoms with Gasteiger partial charge in [-0.3, -0.25) is 0 Å². The number of rotatable bonds is 2. The molecule has 1 aliphatic heterocycles. The van der Waals surface area contributed by atoms with E-state index in [1.165, 1.54) is 19.5 Å². The summed E-state index contributed by atoms with van der Waals surface area (Å²) in [5, 5.41) is 3.27. The van der Waals surface area contributed by atoms with Crippen LogP contribution >= 0.6 is 11.9 Å². The Labute approximate surface area is 61.1 Å². The van der Waals surface area contributed by atoms with Crippen molar-refractivity contribution in [1.82, 2.24) is 9.62 Å². The number of likely N-dealkylation sites (N-methyl/N-ethyl adjacent to an activating group) is 1. The zero-order valence-electron chi connectivity index (χ0n) is 6.05. The number of hydrogen-bond acceptors (Lipinski definition) is 3. The predicted octanol–water partition coefficient (Wildman–Crippen LogP) is 0.558. The first-order chi connectivity index (χ1) is 4.36. The minimum Gasteiger partial charge on any atom is -0.316 e. The van der Waals surface area contributed by atoms with E-state index in [1.54, 1.807) is 0 Å². The van der Waals surface area contributed by atoms with E-state index in [4.69, 9.17) is 0 Å². The number of nitrogens with one attached hydrogen (secondary N) is 1. The highest BCUT2D eigenvalue weighted by Gasteiger charge is 2.19. The van der Waals surface area contributed by atoms with E-state index >= 15 is 0 Å². The third kappa shape index (κ3) is 1.85. The Kier molecular flexibility index (Phi) is 2.82. The molecule has 1 saturated heterocycles. The zero-order chi connectivity index (χ0) is 6.69. The Balaban J connectivity index is 2.20. The molecule has 0 saturated carbocycles. The van der Waals surface area contributed by atoms with Crippen LogP contribution in [0.15, 0.2) is 0 Å². The van der Waals surface area contributed by atoms with Gasteiger partial charge in [-0.15, -0.1) is 0 Å². The van der Waals surface area contributed by atoms with Crippen molar-refractivity contribution in [3.63, 3.8) is 0 Å². The SMILES string of the molecule is CN[C@@H]1CCN(SC)C1. The van der Waals surface area contributed by atoms with E-state index in [1.807, 2.05) is 19.0 Å². The van der Waals surface area contributed by atoms with Gasteiger partial charge in [0.1, 0.15) is 0 Å². The summed E-state index contributed by atoms with van der Waals surface area (Å²) in [7, 11) is 2.04. The molecule has 0 bridgehead atoms. The summed E-state index contributed by atoms with van der Waals surface area (Å²) in [6.07, 6.45) is 3.44. The van der Waals surface area contributed by atoms with Crippen LogP contribution in [0, 0.1) is 0 Å². The summed E-state index contributed by atoms with van der Waals surface area (Å²) >= 11 is 1.84. The fourth-order valence-corrected chi connectivity index (χ4v) is 1.75. The molecule has 0 aromatic rings. The lowest BCUT2D eigenvalue weighted by Crippen LogP contribution is -2.26. The molecule has 1 heterocycles. The van der Waals surface area contributed by atoms with E-state index in [9.17, 15) is 0 Å². The zero-order valence-corrected chi connectivity index (χ0v) is 6.87. The molecule has 54 valence electrons. The molecule has 3 heteroatoms. The van der Waals surface area contributed by atoms with Crippen molar-refractivity contribution in [3.05, 3.63) is 0 Å². The van der Waals surface area contributed by atoms with Gasteiger partial charge < -0.3 is 5.32 Å². The molecule has 2 nitrogen and oxygen atoms in total. The highest BCUT2D eigenvalue weighted by atomic mass is 32.2. The van der Waals surface area contributed by atoms with Crippen LogP contribution in [0.25, 0.3) is 0 Å². The summed E-state index contributed by atoms with van der Waals surface area (Å²) in [5.41, 5.74) is 0. The topological polar surface area (TPSA) is 15.3 Å².